The molecule has 0 fully saturated rings. The summed E-state index contributed by atoms with van der Waals surface area (Å²) in [5.41, 5.74) is 1.91. The van der Waals surface area contributed by atoms with Gasteiger partial charge in [0.2, 0.25) is 0 Å². The minimum Gasteiger partial charge on any atom is -0.317 e. The summed E-state index contributed by atoms with van der Waals surface area (Å²) in [5.74, 6) is 0.783. The van der Waals surface area contributed by atoms with Gasteiger partial charge in [-0.3, -0.25) is 0 Å². The lowest BCUT2D eigenvalue weighted by Crippen LogP contribution is -2.30. The van der Waals surface area contributed by atoms with Crippen LogP contribution in [0.4, 0.5) is 0 Å². The van der Waals surface area contributed by atoms with Gasteiger partial charge in [-0.15, -0.1) is 0 Å². The zero-order valence-corrected chi connectivity index (χ0v) is 12.7. The molecule has 17 heavy (non-hydrogen) atoms. The fraction of sp³-hybridized carbons (Fsp3) is 0.733. The first kappa shape index (κ1) is 14.7. The molecule has 98 valence electrons. The van der Waals surface area contributed by atoms with E-state index < -0.39 is 0 Å². The molecule has 1 N–H and O–H groups in total. The van der Waals surface area contributed by atoms with Gasteiger partial charge in [-0.25, -0.2) is 0 Å². The van der Waals surface area contributed by atoms with Crippen LogP contribution in [-0.2, 0) is 6.42 Å². The topological polar surface area (TPSA) is 12.0 Å². The van der Waals surface area contributed by atoms with E-state index in [2.05, 4.69) is 56.9 Å². The molecule has 2 heteroatoms. The molecule has 0 aliphatic carbocycles. The van der Waals surface area contributed by atoms with Crippen LogP contribution in [0.5, 0.6) is 0 Å². The Labute approximate surface area is 111 Å². The van der Waals surface area contributed by atoms with Crippen LogP contribution < -0.4 is 5.32 Å². The lowest BCUT2D eigenvalue weighted by molar-refractivity contribution is 0.277. The zero-order valence-electron chi connectivity index (χ0n) is 11.9. The van der Waals surface area contributed by atoms with Crippen LogP contribution in [0.25, 0.3) is 0 Å². The Morgan fingerprint density at radius 1 is 1.35 bits per heavy atom. The number of thiophene rings is 1. The molecule has 2 atom stereocenters. The molecule has 0 aromatic carbocycles. The van der Waals surface area contributed by atoms with Crippen molar-refractivity contribution < 1.29 is 0 Å². The van der Waals surface area contributed by atoms with Crippen molar-refractivity contribution in [3.05, 3.63) is 22.4 Å². The molecule has 1 aromatic heterocycles. The van der Waals surface area contributed by atoms with Gasteiger partial charge in [0.1, 0.15) is 0 Å². The third-order valence-electron chi connectivity index (χ3n) is 3.12. The molecule has 0 spiro atoms. The molecule has 0 aliphatic heterocycles. The molecule has 1 aromatic rings. The van der Waals surface area contributed by atoms with Crippen LogP contribution in [-0.4, -0.2) is 13.1 Å². The summed E-state index contributed by atoms with van der Waals surface area (Å²) in [6.45, 7) is 9.37. The second kappa shape index (κ2) is 6.55. The first-order valence-electron chi connectivity index (χ1n) is 6.59. The van der Waals surface area contributed by atoms with Gasteiger partial charge in [-0.05, 0) is 60.0 Å². The Hall–Kier alpha value is -0.340. The normalized spacial score (nSPS) is 15.8. The number of hydrogen-bond acceptors (Lipinski definition) is 2. The van der Waals surface area contributed by atoms with Crippen LogP contribution >= 0.6 is 11.3 Å². The first-order valence-corrected chi connectivity index (χ1v) is 7.53. The lowest BCUT2D eigenvalue weighted by atomic mass is 9.82. The summed E-state index contributed by atoms with van der Waals surface area (Å²) < 4.78 is 0. The van der Waals surface area contributed by atoms with Crippen molar-refractivity contribution in [1.82, 2.24) is 5.32 Å². The number of rotatable bonds is 6. The van der Waals surface area contributed by atoms with Crippen LogP contribution in [0.3, 0.4) is 0 Å². The first-order chi connectivity index (χ1) is 7.90. The average molecular weight is 253 g/mol. The molecule has 0 amide bonds. The average Bonchev–Trinajstić information content (AvgIpc) is 2.66. The van der Waals surface area contributed by atoms with Crippen molar-refractivity contribution >= 4 is 11.3 Å². The Morgan fingerprint density at radius 2 is 2.06 bits per heavy atom. The predicted molar refractivity (Wildman–Crippen MR) is 78.7 cm³/mol. The van der Waals surface area contributed by atoms with E-state index in [9.17, 15) is 0 Å². The van der Waals surface area contributed by atoms with Crippen LogP contribution in [0.1, 0.15) is 46.1 Å². The number of likely N-dealkylation sites (N-methyl/N-ethyl adjacent to an activating group) is 1. The third-order valence-corrected chi connectivity index (χ3v) is 3.85. The highest BCUT2D eigenvalue weighted by Crippen LogP contribution is 2.27. The number of nitrogens with one attached hydrogen (secondary N) is 1. The van der Waals surface area contributed by atoms with Gasteiger partial charge < -0.3 is 5.32 Å². The summed E-state index contributed by atoms with van der Waals surface area (Å²) in [6.07, 6.45) is 3.73. The van der Waals surface area contributed by atoms with E-state index in [0.717, 1.165) is 12.3 Å². The van der Waals surface area contributed by atoms with E-state index in [1.54, 1.807) is 11.3 Å². The maximum Gasteiger partial charge on any atom is 0.0107 e. The minimum atomic E-state index is 0.445. The summed E-state index contributed by atoms with van der Waals surface area (Å²) >= 11 is 1.79. The Morgan fingerprint density at radius 3 is 2.53 bits per heavy atom. The molecular weight excluding hydrogens is 226 g/mol. The fourth-order valence-corrected chi connectivity index (χ4v) is 3.29. The fourth-order valence-electron chi connectivity index (χ4n) is 2.61. The quantitative estimate of drug-likeness (QED) is 0.795. The Kier molecular flexibility index (Phi) is 5.68. The van der Waals surface area contributed by atoms with Gasteiger partial charge in [0.15, 0.2) is 0 Å². The SMILES string of the molecule is CNC(Cc1ccsc1)CC(C)CC(C)(C)C. The second-order valence-corrected chi connectivity index (χ2v) is 7.21. The van der Waals surface area contributed by atoms with Crippen molar-refractivity contribution in [2.75, 3.05) is 7.05 Å². The standard InChI is InChI=1S/C15H27NS/c1-12(10-15(2,3)4)8-14(16-5)9-13-6-7-17-11-13/h6-7,11-12,14,16H,8-10H2,1-5H3. The largest absolute Gasteiger partial charge is 0.317 e. The molecule has 2 unspecified atom stereocenters. The Balaban J connectivity index is 2.41. The van der Waals surface area contributed by atoms with Gasteiger partial charge >= 0.3 is 0 Å². The molecule has 0 bridgehead atoms. The maximum absolute atomic E-state index is 3.46. The number of hydrogen-bond donors (Lipinski definition) is 1. The molecule has 0 aliphatic rings. The highest BCUT2D eigenvalue weighted by Gasteiger charge is 2.18. The zero-order chi connectivity index (χ0) is 12.9. The second-order valence-electron chi connectivity index (χ2n) is 6.43. The van der Waals surface area contributed by atoms with Crippen LogP contribution in [0, 0.1) is 11.3 Å². The Bertz CT molecular complexity index is 297. The van der Waals surface area contributed by atoms with Crippen molar-refractivity contribution in [1.29, 1.82) is 0 Å². The van der Waals surface area contributed by atoms with Gasteiger partial charge in [-0.1, -0.05) is 27.7 Å². The molecule has 0 saturated carbocycles. The van der Waals surface area contributed by atoms with E-state index in [1.807, 2.05) is 0 Å². The summed E-state index contributed by atoms with van der Waals surface area (Å²) in [5, 5.41) is 7.89. The van der Waals surface area contributed by atoms with Gasteiger partial charge in [0.05, 0.1) is 0 Å². The molecule has 1 rings (SSSR count). The lowest BCUT2D eigenvalue weighted by Gasteiger charge is -2.26. The summed E-state index contributed by atoms with van der Waals surface area (Å²) in [4.78, 5) is 0. The smallest absolute Gasteiger partial charge is 0.0107 e. The highest BCUT2D eigenvalue weighted by atomic mass is 32.1. The van der Waals surface area contributed by atoms with Crippen molar-refractivity contribution in [2.45, 2.75) is 53.0 Å². The minimum absolute atomic E-state index is 0.445. The monoisotopic (exact) mass is 253 g/mol. The van der Waals surface area contributed by atoms with Crippen LogP contribution in [0.15, 0.2) is 16.8 Å². The summed E-state index contributed by atoms with van der Waals surface area (Å²) in [7, 11) is 2.08. The highest BCUT2D eigenvalue weighted by molar-refractivity contribution is 7.07. The van der Waals surface area contributed by atoms with E-state index >= 15 is 0 Å². The van der Waals surface area contributed by atoms with E-state index in [-0.39, 0.29) is 0 Å². The van der Waals surface area contributed by atoms with E-state index in [0.29, 0.717) is 11.5 Å². The molecule has 0 radical (unpaired) electrons. The van der Waals surface area contributed by atoms with Crippen molar-refractivity contribution in [2.24, 2.45) is 11.3 Å². The predicted octanol–water partition coefficient (Wildman–Crippen LogP) is 4.34. The third kappa shape index (κ3) is 6.23. The van der Waals surface area contributed by atoms with E-state index in [4.69, 9.17) is 0 Å². The molecule has 0 saturated heterocycles. The summed E-state index contributed by atoms with van der Waals surface area (Å²) in [6, 6.07) is 2.85. The van der Waals surface area contributed by atoms with E-state index in [1.165, 1.54) is 18.4 Å². The van der Waals surface area contributed by atoms with Crippen LogP contribution in [0.2, 0.25) is 0 Å². The molecular formula is C15H27NS. The van der Waals surface area contributed by atoms with Gasteiger partial charge in [-0.2, -0.15) is 11.3 Å². The van der Waals surface area contributed by atoms with Gasteiger partial charge in [0, 0.05) is 6.04 Å². The van der Waals surface area contributed by atoms with Crippen molar-refractivity contribution in [3.63, 3.8) is 0 Å². The maximum atomic E-state index is 3.46. The van der Waals surface area contributed by atoms with Gasteiger partial charge in [0.25, 0.3) is 0 Å². The van der Waals surface area contributed by atoms with Crippen molar-refractivity contribution in [3.8, 4) is 0 Å². The molecule has 1 nitrogen and oxygen atoms in total. The molecule has 1 heterocycles.